The molecular formula is C35H33FN5O3. The van der Waals surface area contributed by atoms with E-state index in [1.54, 1.807) is 22.8 Å². The number of fused-ring (bicyclic) bond motifs is 1. The van der Waals surface area contributed by atoms with E-state index in [1.807, 2.05) is 36.4 Å². The standard InChI is InChI=1S/C35H33FN5O3/c1-2-6-23-10-12-24(13-11-23)25-7-5-9-30(19-25)44-35-31(20-26(36)22-37-35)33(42)38-27-14-16-28(17-15-27)39-34(43)32-21-29-8-3-4-18-41(29)40-32/h3-5,7-13,18-22,27-28H,1-2,6,14-17H2,(H,38,42)(H,39,43)/t27-,28-. The van der Waals surface area contributed by atoms with E-state index in [1.165, 1.54) is 5.56 Å². The Hall–Kier alpha value is -5.05. The van der Waals surface area contributed by atoms with E-state index in [0.717, 1.165) is 41.7 Å². The molecule has 5 aromatic rings. The second-order valence-electron chi connectivity index (χ2n) is 11.0. The van der Waals surface area contributed by atoms with Gasteiger partial charge < -0.3 is 15.4 Å². The van der Waals surface area contributed by atoms with Crippen molar-refractivity contribution in [2.75, 3.05) is 0 Å². The van der Waals surface area contributed by atoms with E-state index in [0.29, 0.717) is 37.1 Å². The van der Waals surface area contributed by atoms with Gasteiger partial charge in [0.15, 0.2) is 5.69 Å². The van der Waals surface area contributed by atoms with Crippen molar-refractivity contribution in [3.63, 3.8) is 0 Å². The van der Waals surface area contributed by atoms with Crippen LogP contribution in [0.15, 0.2) is 91.3 Å². The average Bonchev–Trinajstić information content (AvgIpc) is 3.48. The Labute approximate surface area is 255 Å². The Morgan fingerprint density at radius 3 is 2.36 bits per heavy atom. The van der Waals surface area contributed by atoms with Crippen LogP contribution in [-0.4, -0.2) is 38.5 Å². The summed E-state index contributed by atoms with van der Waals surface area (Å²) in [6.45, 7) is 3.91. The maximum Gasteiger partial charge on any atom is 0.272 e. The second kappa shape index (κ2) is 13.1. The monoisotopic (exact) mass is 590 g/mol. The van der Waals surface area contributed by atoms with Gasteiger partial charge in [0.25, 0.3) is 11.8 Å². The molecule has 1 fully saturated rings. The first-order valence-corrected chi connectivity index (χ1v) is 14.8. The normalized spacial score (nSPS) is 16.4. The third kappa shape index (κ3) is 6.78. The van der Waals surface area contributed by atoms with Crippen molar-refractivity contribution in [1.82, 2.24) is 25.2 Å². The summed E-state index contributed by atoms with van der Waals surface area (Å²) in [7, 11) is 0. The lowest BCUT2D eigenvalue weighted by atomic mass is 9.91. The minimum atomic E-state index is -0.628. The molecule has 9 heteroatoms. The average molecular weight is 591 g/mol. The van der Waals surface area contributed by atoms with Crippen LogP contribution < -0.4 is 15.4 Å². The number of benzene rings is 2. The zero-order chi connectivity index (χ0) is 30.5. The molecule has 0 saturated heterocycles. The summed E-state index contributed by atoms with van der Waals surface area (Å²) in [6, 6.07) is 24.2. The van der Waals surface area contributed by atoms with Gasteiger partial charge in [-0.2, -0.15) is 5.10 Å². The van der Waals surface area contributed by atoms with Crippen LogP contribution in [-0.2, 0) is 6.42 Å². The Morgan fingerprint density at radius 1 is 0.886 bits per heavy atom. The number of ether oxygens (including phenoxy) is 1. The number of hydrogen-bond donors (Lipinski definition) is 2. The second-order valence-corrected chi connectivity index (χ2v) is 11.0. The molecule has 1 saturated carbocycles. The van der Waals surface area contributed by atoms with Gasteiger partial charge in [0.05, 0.1) is 11.7 Å². The molecule has 223 valence electrons. The number of carbonyl (C=O) groups excluding carboxylic acids is 2. The SMILES string of the molecule is [CH2]CCc1ccc(-c2cccc(Oc3ncc(F)cc3C(=O)N[C@H]3CC[C@H](NC(=O)c4cc5ccccn5n4)CC3)c2)cc1. The predicted octanol–water partition coefficient (Wildman–Crippen LogP) is 6.57. The van der Waals surface area contributed by atoms with Gasteiger partial charge in [-0.25, -0.2) is 13.9 Å². The first kappa shape index (κ1) is 29.0. The summed E-state index contributed by atoms with van der Waals surface area (Å²) in [5, 5.41) is 10.4. The lowest BCUT2D eigenvalue weighted by molar-refractivity contribution is 0.0887. The van der Waals surface area contributed by atoms with Crippen LogP contribution in [0, 0.1) is 12.7 Å². The van der Waals surface area contributed by atoms with Crippen molar-refractivity contribution in [2.45, 2.75) is 50.6 Å². The summed E-state index contributed by atoms with van der Waals surface area (Å²) in [5.41, 5.74) is 4.44. The highest BCUT2D eigenvalue weighted by molar-refractivity contribution is 5.96. The smallest absolute Gasteiger partial charge is 0.272 e. The lowest BCUT2D eigenvalue weighted by Crippen LogP contribution is -2.44. The highest BCUT2D eigenvalue weighted by Crippen LogP contribution is 2.29. The van der Waals surface area contributed by atoms with Crippen LogP contribution >= 0.6 is 0 Å². The largest absolute Gasteiger partial charge is 0.438 e. The first-order valence-electron chi connectivity index (χ1n) is 14.8. The maximum atomic E-state index is 14.2. The number of aromatic nitrogens is 3. The van der Waals surface area contributed by atoms with E-state index in [9.17, 15) is 14.0 Å². The highest BCUT2D eigenvalue weighted by atomic mass is 19.1. The van der Waals surface area contributed by atoms with Crippen molar-refractivity contribution in [1.29, 1.82) is 0 Å². The number of halogens is 1. The van der Waals surface area contributed by atoms with E-state index in [-0.39, 0.29) is 29.4 Å². The van der Waals surface area contributed by atoms with E-state index >= 15 is 0 Å². The van der Waals surface area contributed by atoms with Gasteiger partial charge in [-0.15, -0.1) is 0 Å². The summed E-state index contributed by atoms with van der Waals surface area (Å²) in [6.07, 6.45) is 7.31. The molecule has 44 heavy (non-hydrogen) atoms. The topological polar surface area (TPSA) is 97.6 Å². The third-order valence-corrected chi connectivity index (χ3v) is 7.86. The van der Waals surface area contributed by atoms with Crippen molar-refractivity contribution >= 4 is 17.3 Å². The quantitative estimate of drug-likeness (QED) is 0.203. The molecule has 6 rings (SSSR count). The molecule has 0 spiro atoms. The number of aryl methyl sites for hydroxylation is 1. The first-order chi connectivity index (χ1) is 21.4. The molecule has 1 radical (unpaired) electrons. The Bertz CT molecular complexity index is 1740. The molecular weight excluding hydrogens is 557 g/mol. The van der Waals surface area contributed by atoms with Crippen molar-refractivity contribution in [3.8, 4) is 22.8 Å². The molecule has 0 atom stereocenters. The van der Waals surface area contributed by atoms with Crippen molar-refractivity contribution < 1.29 is 18.7 Å². The zero-order valence-electron chi connectivity index (χ0n) is 24.2. The van der Waals surface area contributed by atoms with Crippen LogP contribution in [0.1, 0.15) is 58.5 Å². The van der Waals surface area contributed by atoms with E-state index in [4.69, 9.17) is 4.74 Å². The fraction of sp³-hybridized carbons (Fsp3) is 0.229. The predicted molar refractivity (Wildman–Crippen MR) is 166 cm³/mol. The van der Waals surface area contributed by atoms with E-state index < -0.39 is 11.7 Å². The third-order valence-electron chi connectivity index (χ3n) is 7.86. The molecule has 1 aliphatic carbocycles. The van der Waals surface area contributed by atoms with Gasteiger partial charge in [-0.3, -0.25) is 9.59 Å². The van der Waals surface area contributed by atoms with Gasteiger partial charge in [0.1, 0.15) is 17.1 Å². The van der Waals surface area contributed by atoms with Crippen LogP contribution in [0.25, 0.3) is 16.6 Å². The summed E-state index contributed by atoms with van der Waals surface area (Å²) < 4.78 is 21.9. The van der Waals surface area contributed by atoms with Gasteiger partial charge >= 0.3 is 0 Å². The minimum absolute atomic E-state index is 0.0233. The number of nitrogens with zero attached hydrogens (tertiary/aromatic N) is 3. The van der Waals surface area contributed by atoms with E-state index in [2.05, 4.69) is 51.9 Å². The lowest BCUT2D eigenvalue weighted by Gasteiger charge is -2.29. The molecule has 8 nitrogen and oxygen atoms in total. The minimum Gasteiger partial charge on any atom is -0.438 e. The molecule has 3 aromatic heterocycles. The number of amides is 2. The van der Waals surface area contributed by atoms with Gasteiger partial charge in [-0.1, -0.05) is 49.4 Å². The fourth-order valence-electron chi connectivity index (χ4n) is 5.54. The van der Waals surface area contributed by atoms with Crippen LogP contribution in [0.4, 0.5) is 4.39 Å². The molecule has 0 aliphatic heterocycles. The Kier molecular flexibility index (Phi) is 8.63. The maximum absolute atomic E-state index is 14.2. The molecule has 2 N–H and O–H groups in total. The Balaban J connectivity index is 1.07. The van der Waals surface area contributed by atoms with Crippen molar-refractivity contribution in [2.24, 2.45) is 0 Å². The molecule has 3 heterocycles. The summed E-state index contributed by atoms with van der Waals surface area (Å²) in [4.78, 5) is 30.2. The van der Waals surface area contributed by atoms with Gasteiger partial charge in [-0.05, 0) is 91.6 Å². The molecule has 2 amide bonds. The van der Waals surface area contributed by atoms with Gasteiger partial charge in [0, 0.05) is 18.3 Å². The zero-order valence-corrected chi connectivity index (χ0v) is 24.2. The van der Waals surface area contributed by atoms with Crippen molar-refractivity contribution in [3.05, 3.63) is 121 Å². The molecule has 0 unspecified atom stereocenters. The van der Waals surface area contributed by atoms with Crippen LogP contribution in [0.5, 0.6) is 11.6 Å². The number of pyridine rings is 2. The van der Waals surface area contributed by atoms with Gasteiger partial charge in [0.2, 0.25) is 5.88 Å². The highest BCUT2D eigenvalue weighted by Gasteiger charge is 2.26. The Morgan fingerprint density at radius 2 is 1.64 bits per heavy atom. The number of carbonyl (C=O) groups is 2. The molecule has 0 bridgehead atoms. The summed E-state index contributed by atoms with van der Waals surface area (Å²) >= 11 is 0. The molecule has 2 aromatic carbocycles. The van der Waals surface area contributed by atoms with Crippen LogP contribution in [0.3, 0.4) is 0 Å². The van der Waals surface area contributed by atoms with Crippen LogP contribution in [0.2, 0.25) is 0 Å². The number of hydrogen-bond acceptors (Lipinski definition) is 5. The summed E-state index contributed by atoms with van der Waals surface area (Å²) in [5.74, 6) is -0.790. The number of nitrogens with one attached hydrogen (secondary N) is 2. The number of rotatable bonds is 9. The fourth-order valence-corrected chi connectivity index (χ4v) is 5.54. The molecule has 1 aliphatic rings.